The van der Waals surface area contributed by atoms with Crippen molar-refractivity contribution < 1.29 is 23.9 Å². The van der Waals surface area contributed by atoms with Crippen molar-refractivity contribution in [1.82, 2.24) is 35.1 Å². The van der Waals surface area contributed by atoms with Crippen LogP contribution in [0.1, 0.15) is 77.1 Å². The van der Waals surface area contributed by atoms with Gasteiger partial charge in [0, 0.05) is 35.0 Å². The van der Waals surface area contributed by atoms with E-state index in [0.29, 0.717) is 19.7 Å². The second-order valence-corrected chi connectivity index (χ2v) is 17.2. The van der Waals surface area contributed by atoms with E-state index >= 15 is 0 Å². The van der Waals surface area contributed by atoms with Crippen LogP contribution >= 0.6 is 22.7 Å². The van der Waals surface area contributed by atoms with E-state index in [0.717, 1.165) is 70.7 Å². The molecule has 0 aliphatic carbocycles. The van der Waals surface area contributed by atoms with Crippen LogP contribution in [0, 0.1) is 11.8 Å². The van der Waals surface area contributed by atoms with Gasteiger partial charge in [-0.25, -0.2) is 19.6 Å². The first-order chi connectivity index (χ1) is 27.1. The zero-order valence-corrected chi connectivity index (χ0v) is 33.9. The van der Waals surface area contributed by atoms with Gasteiger partial charge in [-0.1, -0.05) is 58.0 Å². The van der Waals surface area contributed by atoms with Gasteiger partial charge in [-0.05, 0) is 66.3 Å². The molecule has 3 N–H and O–H groups in total. The lowest BCUT2D eigenvalue weighted by molar-refractivity contribution is -0.135. The molecule has 0 radical (unpaired) electrons. The molecule has 2 aromatic carbocycles. The number of ether oxygens (including phenoxy) is 2. The van der Waals surface area contributed by atoms with Gasteiger partial charge in [0.2, 0.25) is 5.91 Å². The third-order valence-electron chi connectivity index (χ3n) is 10.8. The standard InChI is InChI=1S/C42H47N7O5S2/c1-23(2)20-54-42(52)49-17-7-9-34(49)39-44-30-15-14-27(18-31(30)45-39)29-22-56-36-28(21-55-37(29)36)25-10-12-26(13-11-25)32-19-43-38(46-32)33-8-6-16-48(33)40(50)35(24(3)4)47-41(51)53-5/h10-15,18-19,21-24,33-35H,6-9,16-17,20H2,1-5H3,(H,43,46)(H,44,45)(H,47,51)/t33?,34?,35-/m0/s1. The summed E-state index contributed by atoms with van der Waals surface area (Å²) >= 11 is 3.51. The van der Waals surface area contributed by atoms with E-state index in [9.17, 15) is 14.4 Å². The normalized spacial score (nSPS) is 17.8. The van der Waals surface area contributed by atoms with Gasteiger partial charge >= 0.3 is 12.2 Å². The van der Waals surface area contributed by atoms with Crippen LogP contribution in [-0.2, 0) is 14.3 Å². The Morgan fingerprint density at radius 3 is 2.18 bits per heavy atom. The number of methoxy groups -OCH3 is 1. The highest BCUT2D eigenvalue weighted by molar-refractivity contribution is 7.27. The number of carbonyl (C=O) groups is 3. The molecule has 2 aliphatic heterocycles. The fourth-order valence-corrected chi connectivity index (χ4v) is 10.3. The van der Waals surface area contributed by atoms with Crippen LogP contribution in [0.25, 0.3) is 53.9 Å². The number of thiophene rings is 2. The SMILES string of the molecule is COC(=O)N[C@H](C(=O)N1CCCC1c1ncc(-c2ccc(-c3csc4c(-c5ccc6nc(C7CCCN7C(=O)OCC(C)C)[nH]c6c5)csc34)cc2)[nH]1)C(C)C. The maximum Gasteiger partial charge on any atom is 0.410 e. The van der Waals surface area contributed by atoms with Gasteiger partial charge in [-0.15, -0.1) is 22.7 Å². The number of rotatable bonds is 10. The molecule has 2 fully saturated rings. The summed E-state index contributed by atoms with van der Waals surface area (Å²) in [4.78, 5) is 58.6. The van der Waals surface area contributed by atoms with Gasteiger partial charge in [-0.3, -0.25) is 9.69 Å². The minimum atomic E-state index is -0.677. The van der Waals surface area contributed by atoms with E-state index in [2.05, 4.69) is 68.5 Å². The van der Waals surface area contributed by atoms with Crippen LogP contribution in [0.15, 0.2) is 59.4 Å². The minimum Gasteiger partial charge on any atom is -0.453 e. The summed E-state index contributed by atoms with van der Waals surface area (Å²) in [6.45, 7) is 9.59. The Bertz CT molecular complexity index is 2370. The number of aromatic nitrogens is 4. The van der Waals surface area contributed by atoms with Crippen molar-refractivity contribution in [1.29, 1.82) is 0 Å². The van der Waals surface area contributed by atoms with E-state index in [-0.39, 0.29) is 35.9 Å². The van der Waals surface area contributed by atoms with Gasteiger partial charge in [0.05, 0.1) is 58.1 Å². The molecule has 0 bridgehead atoms. The summed E-state index contributed by atoms with van der Waals surface area (Å²) in [7, 11) is 1.30. The predicted molar refractivity (Wildman–Crippen MR) is 221 cm³/mol. The number of hydrogen-bond donors (Lipinski definition) is 3. The van der Waals surface area contributed by atoms with Crippen molar-refractivity contribution in [2.24, 2.45) is 11.8 Å². The van der Waals surface area contributed by atoms with Crippen LogP contribution in [0.5, 0.6) is 0 Å². The Morgan fingerprint density at radius 2 is 1.50 bits per heavy atom. The Labute approximate surface area is 333 Å². The summed E-state index contributed by atoms with van der Waals surface area (Å²) in [5, 5.41) is 7.18. The minimum absolute atomic E-state index is 0.0950. The highest BCUT2D eigenvalue weighted by Crippen LogP contribution is 2.45. The molecule has 8 rings (SSSR count). The van der Waals surface area contributed by atoms with E-state index in [1.54, 1.807) is 27.6 Å². The van der Waals surface area contributed by atoms with Gasteiger partial charge in [-0.2, -0.15) is 0 Å². The van der Waals surface area contributed by atoms with E-state index in [1.165, 1.54) is 27.6 Å². The molecular formula is C42H47N7O5S2. The summed E-state index contributed by atoms with van der Waals surface area (Å²) in [5.41, 5.74) is 8.40. The van der Waals surface area contributed by atoms with Crippen molar-refractivity contribution in [3.8, 4) is 33.5 Å². The van der Waals surface area contributed by atoms with Crippen molar-refractivity contribution in [2.75, 3.05) is 26.8 Å². The Kier molecular flexibility index (Phi) is 10.6. The molecule has 4 aromatic heterocycles. The average molecular weight is 794 g/mol. The van der Waals surface area contributed by atoms with Crippen molar-refractivity contribution in [3.63, 3.8) is 0 Å². The quantitative estimate of drug-likeness (QED) is 0.125. The summed E-state index contributed by atoms with van der Waals surface area (Å²) in [5.74, 6) is 1.61. The number of alkyl carbamates (subject to hydrolysis) is 1. The van der Waals surface area contributed by atoms with Gasteiger partial charge in [0.1, 0.15) is 17.7 Å². The number of H-pyrrole nitrogens is 2. The fraction of sp³-hybridized carbons (Fsp3) is 0.405. The smallest absolute Gasteiger partial charge is 0.410 e. The third kappa shape index (κ3) is 7.27. The highest BCUT2D eigenvalue weighted by atomic mass is 32.1. The first-order valence-electron chi connectivity index (χ1n) is 19.3. The summed E-state index contributed by atoms with van der Waals surface area (Å²) in [6, 6.07) is 13.9. The monoisotopic (exact) mass is 793 g/mol. The van der Waals surface area contributed by atoms with Crippen LogP contribution in [-0.4, -0.2) is 80.7 Å². The molecule has 6 heterocycles. The number of aromatic amines is 2. The molecular weight excluding hydrogens is 747 g/mol. The van der Waals surface area contributed by atoms with Crippen LogP contribution in [0.2, 0.25) is 0 Å². The van der Waals surface area contributed by atoms with Crippen molar-refractivity contribution in [3.05, 3.63) is 71.1 Å². The van der Waals surface area contributed by atoms with Crippen LogP contribution in [0.4, 0.5) is 9.59 Å². The first-order valence-corrected chi connectivity index (χ1v) is 21.1. The third-order valence-corrected chi connectivity index (χ3v) is 12.9. The molecule has 3 amide bonds. The number of fused-ring (bicyclic) bond motifs is 2. The average Bonchev–Trinajstić information content (AvgIpc) is 4.04. The zero-order chi connectivity index (χ0) is 39.1. The summed E-state index contributed by atoms with van der Waals surface area (Å²) < 4.78 is 12.8. The molecule has 56 heavy (non-hydrogen) atoms. The van der Waals surface area contributed by atoms with Crippen molar-refractivity contribution in [2.45, 2.75) is 71.5 Å². The van der Waals surface area contributed by atoms with Gasteiger partial charge in [0.25, 0.3) is 0 Å². The highest BCUT2D eigenvalue weighted by Gasteiger charge is 2.38. The molecule has 6 aromatic rings. The van der Waals surface area contributed by atoms with E-state index in [1.807, 2.05) is 38.8 Å². The molecule has 14 heteroatoms. The number of hydrogen-bond acceptors (Lipinski definition) is 9. The number of likely N-dealkylation sites (tertiary alicyclic amines) is 2. The Balaban J connectivity index is 0.976. The first kappa shape index (κ1) is 37.7. The number of carbonyl (C=O) groups excluding carboxylic acids is 3. The largest absolute Gasteiger partial charge is 0.453 e. The lowest BCUT2D eigenvalue weighted by Crippen LogP contribution is -2.51. The van der Waals surface area contributed by atoms with Crippen LogP contribution < -0.4 is 5.32 Å². The maximum absolute atomic E-state index is 13.6. The second kappa shape index (κ2) is 15.7. The predicted octanol–water partition coefficient (Wildman–Crippen LogP) is 9.54. The molecule has 292 valence electrons. The molecule has 2 saturated heterocycles. The zero-order valence-electron chi connectivity index (χ0n) is 32.3. The number of amides is 3. The number of nitrogens with zero attached hydrogens (tertiary/aromatic N) is 4. The Hall–Kier alpha value is -5.21. The van der Waals surface area contributed by atoms with Crippen molar-refractivity contribution >= 4 is 61.2 Å². The molecule has 0 spiro atoms. The summed E-state index contributed by atoms with van der Waals surface area (Å²) in [6.07, 6.45) is 4.38. The molecule has 3 atom stereocenters. The molecule has 0 saturated carbocycles. The second-order valence-electron chi connectivity index (χ2n) is 15.4. The molecule has 12 nitrogen and oxygen atoms in total. The number of benzene rings is 2. The molecule has 2 unspecified atom stereocenters. The molecule has 2 aliphatic rings. The number of nitrogens with one attached hydrogen (secondary N) is 3. The topological polar surface area (TPSA) is 146 Å². The fourth-order valence-electron chi connectivity index (χ4n) is 7.84. The van der Waals surface area contributed by atoms with Gasteiger partial charge in [0.15, 0.2) is 0 Å². The Morgan fingerprint density at radius 1 is 0.857 bits per heavy atom. The number of imidazole rings is 2. The van der Waals surface area contributed by atoms with Gasteiger partial charge < -0.3 is 29.7 Å². The lowest BCUT2D eigenvalue weighted by atomic mass is 10.0. The van der Waals surface area contributed by atoms with E-state index in [4.69, 9.17) is 19.4 Å². The van der Waals surface area contributed by atoms with E-state index < -0.39 is 12.1 Å². The van der Waals surface area contributed by atoms with Crippen LogP contribution in [0.3, 0.4) is 0 Å². The maximum atomic E-state index is 13.6. The lowest BCUT2D eigenvalue weighted by Gasteiger charge is -2.30.